The fraction of sp³-hybridized carbons (Fsp3) is 0.556. The molecule has 3 heterocycles. The molecule has 2 aromatic rings. The van der Waals surface area contributed by atoms with Crippen LogP contribution in [-0.2, 0) is 18.9 Å². The molecule has 0 aliphatic carbocycles. The van der Waals surface area contributed by atoms with Crippen LogP contribution in [0.2, 0.25) is 0 Å². The number of aliphatic hydroxyl groups excluding tert-OH is 7. The van der Waals surface area contributed by atoms with E-state index in [2.05, 4.69) is 0 Å². The molecule has 5 rings (SSSR count). The molecule has 0 bridgehead atoms. The largest absolute Gasteiger partial charge is 0.508 e. The highest BCUT2D eigenvalue weighted by atomic mass is 16.7. The zero-order valence-corrected chi connectivity index (χ0v) is 22.9. The Morgan fingerprint density at radius 1 is 0.682 bits per heavy atom. The van der Waals surface area contributed by atoms with Crippen molar-refractivity contribution in [3.8, 4) is 34.5 Å². The van der Waals surface area contributed by atoms with Crippen LogP contribution in [-0.4, -0.2) is 135 Å². The van der Waals surface area contributed by atoms with Gasteiger partial charge in [0.05, 0.1) is 18.3 Å². The summed E-state index contributed by atoms with van der Waals surface area (Å²) >= 11 is 0. The lowest BCUT2D eigenvalue weighted by molar-refractivity contribution is -0.363. The molecule has 0 saturated carbocycles. The van der Waals surface area contributed by atoms with Gasteiger partial charge in [0.15, 0.2) is 35.9 Å². The minimum Gasteiger partial charge on any atom is -0.508 e. The molecule has 244 valence electrons. The number of aromatic hydroxyl groups is 5. The Morgan fingerprint density at radius 2 is 1.27 bits per heavy atom. The molecule has 2 aromatic carbocycles. The van der Waals surface area contributed by atoms with Crippen molar-refractivity contribution < 1.29 is 85.0 Å². The summed E-state index contributed by atoms with van der Waals surface area (Å²) in [4.78, 5) is 0. The average Bonchev–Trinajstić information content (AvgIpc) is 2.97. The van der Waals surface area contributed by atoms with Crippen molar-refractivity contribution in [1.29, 1.82) is 0 Å². The van der Waals surface area contributed by atoms with Crippen LogP contribution in [0.5, 0.6) is 34.5 Å². The normalized spacial score (nSPS) is 39.0. The summed E-state index contributed by atoms with van der Waals surface area (Å²) in [7, 11) is 0. The zero-order chi connectivity index (χ0) is 32.2. The molecule has 0 amide bonds. The van der Waals surface area contributed by atoms with Crippen LogP contribution in [0.25, 0.3) is 0 Å². The Bertz CT molecular complexity index is 1310. The first-order valence-electron chi connectivity index (χ1n) is 13.5. The number of benzene rings is 2. The second-order valence-corrected chi connectivity index (χ2v) is 10.9. The van der Waals surface area contributed by atoms with E-state index in [9.17, 15) is 61.3 Å². The van der Waals surface area contributed by atoms with Gasteiger partial charge in [0.2, 0.25) is 0 Å². The quantitative estimate of drug-likeness (QED) is 0.146. The molecule has 3 aliphatic rings. The molecular formula is C27H34O17. The minimum absolute atomic E-state index is 0.0574. The molecular weight excluding hydrogens is 596 g/mol. The summed E-state index contributed by atoms with van der Waals surface area (Å²) in [5.74, 6) is -3.55. The second-order valence-electron chi connectivity index (χ2n) is 10.9. The molecule has 3 unspecified atom stereocenters. The van der Waals surface area contributed by atoms with Crippen LogP contribution in [0.1, 0.15) is 30.3 Å². The van der Waals surface area contributed by atoms with Gasteiger partial charge in [0.1, 0.15) is 72.2 Å². The van der Waals surface area contributed by atoms with Gasteiger partial charge in [-0.05, 0) is 19.1 Å². The van der Waals surface area contributed by atoms with E-state index in [1.54, 1.807) is 0 Å². The predicted octanol–water partition coefficient (Wildman–Crippen LogP) is -2.58. The van der Waals surface area contributed by atoms with Crippen LogP contribution in [0.3, 0.4) is 0 Å². The first-order valence-corrected chi connectivity index (χ1v) is 13.5. The van der Waals surface area contributed by atoms with E-state index in [1.165, 1.54) is 6.92 Å². The van der Waals surface area contributed by atoms with Crippen molar-refractivity contribution in [2.45, 2.75) is 86.6 Å². The highest BCUT2D eigenvalue weighted by Gasteiger charge is 2.52. The number of ether oxygens (including phenoxy) is 5. The van der Waals surface area contributed by atoms with Gasteiger partial charge in [0.25, 0.3) is 0 Å². The molecule has 12 N–H and O–H groups in total. The van der Waals surface area contributed by atoms with Gasteiger partial charge in [-0.3, -0.25) is 0 Å². The molecule has 2 fully saturated rings. The zero-order valence-electron chi connectivity index (χ0n) is 22.9. The van der Waals surface area contributed by atoms with Crippen LogP contribution in [0, 0.1) is 0 Å². The highest BCUT2D eigenvalue weighted by molar-refractivity contribution is 5.55. The third-order valence-corrected chi connectivity index (χ3v) is 7.89. The first-order chi connectivity index (χ1) is 20.7. The number of hydrogen-bond donors (Lipinski definition) is 12. The molecule has 17 nitrogen and oxygen atoms in total. The van der Waals surface area contributed by atoms with Crippen LogP contribution in [0.4, 0.5) is 0 Å². The fourth-order valence-corrected chi connectivity index (χ4v) is 5.52. The molecule has 0 spiro atoms. The number of hydrogen-bond acceptors (Lipinski definition) is 17. The van der Waals surface area contributed by atoms with Crippen molar-refractivity contribution in [2.24, 2.45) is 0 Å². The molecule has 0 aromatic heterocycles. The maximum Gasteiger partial charge on any atom is 0.200 e. The Hall–Kier alpha value is -3.20. The SMILES string of the molecule is C[C@@H]1O[C@@H](OC2C(O)c3c(O)cc(O)cc3OC2c2cc(O)c(O)c(O)c2)[C@H](O)[C@H](O)[C@H]1O[C@@H]1O[C@H](CO)[C@@H](O)[C@H](O)[C@H]1O. The first kappa shape index (κ1) is 32.2. The van der Waals surface area contributed by atoms with Gasteiger partial charge in [-0.2, -0.15) is 0 Å². The summed E-state index contributed by atoms with van der Waals surface area (Å²) < 4.78 is 28.4. The average molecular weight is 631 g/mol. The number of rotatable bonds is 6. The van der Waals surface area contributed by atoms with Crippen LogP contribution < -0.4 is 4.74 Å². The number of fused-ring (bicyclic) bond motifs is 1. The van der Waals surface area contributed by atoms with Crippen molar-refractivity contribution >= 4 is 0 Å². The van der Waals surface area contributed by atoms with E-state index in [-0.39, 0.29) is 16.9 Å². The standard InChI is InChI=1S/C27H34O17/c1-7-23(43-27-21(38)19(36)17(34)14(6-28)42-27)20(37)22(39)26(40-7)44-25-18(35)15-10(30)4-9(29)5-13(15)41-24(25)8-2-11(31)16(33)12(32)3-8/h2-5,7,14,17-39H,6H2,1H3/t7-,14+,17+,18?,19-,20-,21+,22+,23-,24?,25?,26-,27-/m0/s1. The van der Waals surface area contributed by atoms with Crippen LogP contribution >= 0.6 is 0 Å². The summed E-state index contributed by atoms with van der Waals surface area (Å²) in [6.45, 7) is 0.663. The van der Waals surface area contributed by atoms with E-state index in [0.717, 1.165) is 24.3 Å². The second kappa shape index (κ2) is 12.3. The van der Waals surface area contributed by atoms with Gasteiger partial charge in [0, 0.05) is 17.7 Å². The van der Waals surface area contributed by atoms with Gasteiger partial charge in [-0.1, -0.05) is 0 Å². The van der Waals surface area contributed by atoms with E-state index in [0.29, 0.717) is 0 Å². The monoisotopic (exact) mass is 630 g/mol. The Kier molecular flexibility index (Phi) is 9.00. The summed E-state index contributed by atoms with van der Waals surface area (Å²) in [5.41, 5.74) is -0.281. The topological polar surface area (TPSA) is 289 Å². The third kappa shape index (κ3) is 5.68. The third-order valence-electron chi connectivity index (χ3n) is 7.89. The maximum atomic E-state index is 11.3. The van der Waals surface area contributed by atoms with Crippen LogP contribution in [0.15, 0.2) is 24.3 Å². The molecule has 44 heavy (non-hydrogen) atoms. The Morgan fingerprint density at radius 3 is 1.91 bits per heavy atom. The van der Waals surface area contributed by atoms with Gasteiger partial charge < -0.3 is 85.0 Å². The number of aliphatic hydroxyl groups is 7. The lowest BCUT2D eigenvalue weighted by Crippen LogP contribution is -2.64. The fourth-order valence-electron chi connectivity index (χ4n) is 5.52. The van der Waals surface area contributed by atoms with E-state index >= 15 is 0 Å². The minimum atomic E-state index is -1.91. The van der Waals surface area contributed by atoms with E-state index in [1.807, 2.05) is 0 Å². The molecule has 3 aliphatic heterocycles. The van der Waals surface area contributed by atoms with Crippen molar-refractivity contribution in [2.75, 3.05) is 6.61 Å². The molecule has 0 radical (unpaired) electrons. The smallest absolute Gasteiger partial charge is 0.200 e. The molecule has 2 saturated heterocycles. The molecule has 13 atom stereocenters. The Labute approximate surface area is 248 Å². The summed E-state index contributed by atoms with van der Waals surface area (Å²) in [5, 5.41) is 123. The van der Waals surface area contributed by atoms with E-state index < -0.39 is 115 Å². The van der Waals surface area contributed by atoms with Gasteiger partial charge >= 0.3 is 0 Å². The molecule has 17 heteroatoms. The Balaban J connectivity index is 1.41. The summed E-state index contributed by atoms with van der Waals surface area (Å²) in [6.07, 6.45) is -21.0. The predicted molar refractivity (Wildman–Crippen MR) is 139 cm³/mol. The van der Waals surface area contributed by atoms with Crippen molar-refractivity contribution in [3.05, 3.63) is 35.4 Å². The number of phenolic OH excluding ortho intramolecular Hbond substituents is 5. The van der Waals surface area contributed by atoms with Crippen molar-refractivity contribution in [3.63, 3.8) is 0 Å². The van der Waals surface area contributed by atoms with E-state index in [4.69, 9.17) is 23.7 Å². The van der Waals surface area contributed by atoms with Crippen molar-refractivity contribution in [1.82, 2.24) is 0 Å². The maximum absolute atomic E-state index is 11.3. The van der Waals surface area contributed by atoms with Gasteiger partial charge in [-0.15, -0.1) is 0 Å². The summed E-state index contributed by atoms with van der Waals surface area (Å²) in [6, 6.07) is 4.01. The lowest BCUT2D eigenvalue weighted by Gasteiger charge is -2.47. The number of phenols is 5. The van der Waals surface area contributed by atoms with Gasteiger partial charge in [-0.25, -0.2) is 0 Å². The lowest BCUT2D eigenvalue weighted by atomic mass is 9.90. The highest BCUT2D eigenvalue weighted by Crippen LogP contribution is 2.50.